The number of nitrogens with zero attached hydrogens (tertiary/aromatic N) is 1. The number of ether oxygens (including phenoxy) is 1. The molecule has 0 aromatic heterocycles. The maximum absolute atomic E-state index is 12.8. The number of amides is 2. The molecular weight excluding hydrogens is 340 g/mol. The van der Waals surface area contributed by atoms with Crippen molar-refractivity contribution >= 4 is 29.3 Å². The molecule has 2 atom stereocenters. The van der Waals surface area contributed by atoms with Crippen molar-refractivity contribution in [1.82, 2.24) is 5.32 Å². The van der Waals surface area contributed by atoms with Crippen LogP contribution in [0.2, 0.25) is 5.02 Å². The van der Waals surface area contributed by atoms with E-state index < -0.39 is 18.0 Å². The molecule has 1 fully saturated rings. The molecule has 3 rings (SSSR count). The summed E-state index contributed by atoms with van der Waals surface area (Å²) in [6.07, 6.45) is 5.87. The summed E-state index contributed by atoms with van der Waals surface area (Å²) in [6, 6.07) is 6.19. The first-order chi connectivity index (χ1) is 12.1. The minimum absolute atomic E-state index is 0.350. The number of hydrogen-bond acceptors (Lipinski definition) is 3. The van der Waals surface area contributed by atoms with Gasteiger partial charge in [-0.3, -0.25) is 4.79 Å². The highest BCUT2D eigenvalue weighted by atomic mass is 35.5. The number of aliphatic imine (C=N–C) groups is 1. The van der Waals surface area contributed by atoms with E-state index in [4.69, 9.17) is 16.3 Å². The Kier molecular flexibility index (Phi) is 5.74. The van der Waals surface area contributed by atoms with Crippen molar-refractivity contribution in [2.24, 2.45) is 16.8 Å². The Labute approximate surface area is 152 Å². The molecule has 1 aliphatic heterocycles. The zero-order valence-electron chi connectivity index (χ0n) is 14.3. The molecule has 5 nitrogen and oxygen atoms in total. The molecule has 2 amide bonds. The van der Waals surface area contributed by atoms with Crippen LogP contribution in [0.3, 0.4) is 0 Å². The van der Waals surface area contributed by atoms with Gasteiger partial charge in [-0.25, -0.2) is 9.79 Å². The highest BCUT2D eigenvalue weighted by Gasteiger charge is 2.39. The van der Waals surface area contributed by atoms with Crippen molar-refractivity contribution < 1.29 is 14.3 Å². The summed E-state index contributed by atoms with van der Waals surface area (Å²) in [5.74, 6) is -0.565. The van der Waals surface area contributed by atoms with Crippen molar-refractivity contribution in [3.8, 4) is 0 Å². The van der Waals surface area contributed by atoms with E-state index in [1.54, 1.807) is 13.0 Å². The van der Waals surface area contributed by atoms with E-state index in [2.05, 4.69) is 10.3 Å². The third-order valence-corrected chi connectivity index (χ3v) is 5.36. The summed E-state index contributed by atoms with van der Waals surface area (Å²) in [6.45, 7) is 2.13. The Morgan fingerprint density at radius 1 is 1.28 bits per heavy atom. The fourth-order valence-corrected chi connectivity index (χ4v) is 3.91. The van der Waals surface area contributed by atoms with E-state index in [0.29, 0.717) is 28.8 Å². The highest BCUT2D eigenvalue weighted by Crippen LogP contribution is 2.33. The molecule has 0 radical (unpaired) electrons. The van der Waals surface area contributed by atoms with E-state index in [1.165, 1.54) is 19.3 Å². The van der Waals surface area contributed by atoms with Gasteiger partial charge in [-0.1, -0.05) is 49.1 Å². The molecule has 0 spiro atoms. The molecule has 1 aliphatic carbocycles. The minimum atomic E-state index is -0.652. The third kappa shape index (κ3) is 4.21. The van der Waals surface area contributed by atoms with Gasteiger partial charge in [-0.05, 0) is 37.3 Å². The van der Waals surface area contributed by atoms with Gasteiger partial charge in [0.05, 0.1) is 12.6 Å². The van der Waals surface area contributed by atoms with E-state index in [-0.39, 0.29) is 5.97 Å². The summed E-state index contributed by atoms with van der Waals surface area (Å²) in [5.41, 5.74) is 1.16. The second kappa shape index (κ2) is 8.00. The average Bonchev–Trinajstić information content (AvgIpc) is 2.60. The van der Waals surface area contributed by atoms with E-state index in [1.807, 2.05) is 18.2 Å². The first-order valence-corrected chi connectivity index (χ1v) is 9.21. The first kappa shape index (κ1) is 17.9. The van der Waals surface area contributed by atoms with E-state index in [0.717, 1.165) is 12.8 Å². The molecule has 2 unspecified atom stereocenters. The summed E-state index contributed by atoms with van der Waals surface area (Å²) < 4.78 is 5.60. The van der Waals surface area contributed by atoms with Gasteiger partial charge in [0.15, 0.2) is 0 Å². The number of carbonyl (C=O) groups is 2. The predicted octanol–water partition coefficient (Wildman–Crippen LogP) is 4.30. The van der Waals surface area contributed by atoms with Crippen LogP contribution in [0.1, 0.15) is 50.6 Å². The fourth-order valence-electron chi connectivity index (χ4n) is 3.65. The maximum atomic E-state index is 12.8. The van der Waals surface area contributed by atoms with Crippen LogP contribution >= 0.6 is 11.6 Å². The number of benzene rings is 1. The maximum Gasteiger partial charge on any atom is 0.341 e. The smallest absolute Gasteiger partial charge is 0.341 e. The second-order valence-electron chi connectivity index (χ2n) is 6.81. The van der Waals surface area contributed by atoms with Crippen LogP contribution in [0.15, 0.2) is 29.3 Å². The van der Waals surface area contributed by atoms with Gasteiger partial charge in [0, 0.05) is 10.7 Å². The van der Waals surface area contributed by atoms with Gasteiger partial charge >= 0.3 is 12.0 Å². The fraction of sp³-hybridized carbons (Fsp3) is 0.526. The topological polar surface area (TPSA) is 67.8 Å². The van der Waals surface area contributed by atoms with Crippen LogP contribution in [0, 0.1) is 11.8 Å². The van der Waals surface area contributed by atoms with E-state index in [9.17, 15) is 9.59 Å². The van der Waals surface area contributed by atoms with Gasteiger partial charge in [-0.2, -0.15) is 0 Å². The summed E-state index contributed by atoms with van der Waals surface area (Å²) >= 11 is 6.28. The number of nitrogens with one attached hydrogen (secondary N) is 1. The first-order valence-electron chi connectivity index (χ1n) is 8.83. The molecule has 134 valence electrons. The summed E-state index contributed by atoms with van der Waals surface area (Å²) in [5, 5.41) is 3.27. The average molecular weight is 363 g/mol. The molecule has 1 saturated carbocycles. The van der Waals surface area contributed by atoms with Gasteiger partial charge in [0.25, 0.3) is 0 Å². The molecule has 2 aliphatic rings. The Balaban J connectivity index is 1.77. The van der Waals surface area contributed by atoms with Crippen LogP contribution in [-0.4, -0.2) is 24.3 Å². The van der Waals surface area contributed by atoms with Gasteiger partial charge < -0.3 is 10.1 Å². The molecule has 0 bridgehead atoms. The van der Waals surface area contributed by atoms with Crippen LogP contribution in [0.5, 0.6) is 0 Å². The third-order valence-electron chi connectivity index (χ3n) is 5.02. The molecule has 0 saturated heterocycles. The van der Waals surface area contributed by atoms with E-state index >= 15 is 0 Å². The normalized spacial score (nSPS) is 24.4. The zero-order valence-corrected chi connectivity index (χ0v) is 15.1. The Hall–Kier alpha value is -1.88. The molecule has 1 aromatic carbocycles. The Morgan fingerprint density at radius 2 is 2.00 bits per heavy atom. The Bertz CT molecular complexity index is 683. The van der Waals surface area contributed by atoms with Crippen molar-refractivity contribution in [2.45, 2.75) is 45.1 Å². The van der Waals surface area contributed by atoms with Gasteiger partial charge in [0.2, 0.25) is 0 Å². The van der Waals surface area contributed by atoms with Crippen LogP contribution in [-0.2, 0) is 9.53 Å². The monoisotopic (exact) mass is 362 g/mol. The lowest BCUT2D eigenvalue weighted by atomic mass is 9.88. The number of carbonyl (C=O) groups excluding carboxylic acids is 2. The van der Waals surface area contributed by atoms with Crippen LogP contribution in [0.25, 0.3) is 0 Å². The number of halogens is 1. The standard InChI is InChI=1S/C19H23ClN2O3/c1-12-16(18(23)25-11-13-7-3-2-4-8-13)17(22-19(24)21-12)14-9-5-6-10-15(14)20/h5-6,9-10,13,16-17H,2-4,7-8,11H2,1H3,(H,22,24). The van der Waals surface area contributed by atoms with Crippen LogP contribution in [0.4, 0.5) is 4.79 Å². The number of hydrogen-bond donors (Lipinski definition) is 1. The molecule has 25 heavy (non-hydrogen) atoms. The van der Waals surface area contributed by atoms with Crippen molar-refractivity contribution in [3.63, 3.8) is 0 Å². The summed E-state index contributed by atoms with van der Waals surface area (Å²) in [4.78, 5) is 28.5. The van der Waals surface area contributed by atoms with Crippen molar-refractivity contribution in [2.75, 3.05) is 6.61 Å². The lowest BCUT2D eigenvalue weighted by Crippen LogP contribution is -2.44. The number of rotatable bonds is 4. The molecule has 1 N–H and O–H groups in total. The van der Waals surface area contributed by atoms with Crippen LogP contribution < -0.4 is 5.32 Å². The molecular formula is C19H23ClN2O3. The molecule has 1 aromatic rings. The lowest BCUT2D eigenvalue weighted by Gasteiger charge is -2.31. The lowest BCUT2D eigenvalue weighted by molar-refractivity contribution is -0.148. The molecule has 1 heterocycles. The quantitative estimate of drug-likeness (QED) is 0.812. The van der Waals surface area contributed by atoms with Gasteiger partial charge in [-0.15, -0.1) is 0 Å². The minimum Gasteiger partial charge on any atom is -0.465 e. The molecule has 6 heteroatoms. The van der Waals surface area contributed by atoms with Crippen molar-refractivity contribution in [1.29, 1.82) is 0 Å². The second-order valence-corrected chi connectivity index (χ2v) is 7.22. The SMILES string of the molecule is CC1=NC(=O)NC(c2ccccc2Cl)C1C(=O)OCC1CCCCC1. The summed E-state index contributed by atoms with van der Waals surface area (Å²) in [7, 11) is 0. The largest absolute Gasteiger partial charge is 0.465 e. The highest BCUT2D eigenvalue weighted by molar-refractivity contribution is 6.31. The number of esters is 1. The predicted molar refractivity (Wildman–Crippen MR) is 96.9 cm³/mol. The zero-order chi connectivity index (χ0) is 17.8. The Morgan fingerprint density at radius 3 is 2.72 bits per heavy atom. The van der Waals surface area contributed by atoms with Crippen molar-refractivity contribution in [3.05, 3.63) is 34.9 Å². The number of urea groups is 1. The van der Waals surface area contributed by atoms with Gasteiger partial charge in [0.1, 0.15) is 5.92 Å².